The maximum atomic E-state index is 5.71. The molecule has 2 aliphatic heterocycles. The lowest BCUT2D eigenvalue weighted by molar-refractivity contribution is 0.174. The molecule has 3 aromatic carbocycles. The van der Waals surface area contributed by atoms with Gasteiger partial charge in [-0.05, 0) is 47.2 Å². The summed E-state index contributed by atoms with van der Waals surface area (Å²) >= 11 is 0. The Morgan fingerprint density at radius 2 is 1.76 bits per heavy atom. The van der Waals surface area contributed by atoms with Gasteiger partial charge >= 0.3 is 0 Å². The molecule has 0 N–H and O–H groups in total. The van der Waals surface area contributed by atoms with Gasteiger partial charge in [0, 0.05) is 43.0 Å². The Hall–Kier alpha value is -3.87. The van der Waals surface area contributed by atoms with E-state index < -0.39 is 0 Å². The molecule has 6 rings (SSSR count). The average Bonchev–Trinajstić information content (AvgIpc) is 3.53. The smallest absolute Gasteiger partial charge is 0.231 e. The van der Waals surface area contributed by atoms with Crippen molar-refractivity contribution >= 4 is 16.5 Å². The average molecular weight is 444 g/mol. The molecular weight excluding hydrogens is 418 g/mol. The maximum absolute atomic E-state index is 5.71. The quantitative estimate of drug-likeness (QED) is 0.424. The van der Waals surface area contributed by atoms with Crippen LogP contribution in [0.15, 0.2) is 55.1 Å². The SMILES string of the molecule is COc1cc2c(cc1OC)-c1ccc3cc4c(cc3c1N(CCCn1ccnc1)C2)OCO4. The van der Waals surface area contributed by atoms with Gasteiger partial charge in [-0.2, -0.15) is 0 Å². The summed E-state index contributed by atoms with van der Waals surface area (Å²) in [5.74, 6) is 3.09. The van der Waals surface area contributed by atoms with Gasteiger partial charge in [0.1, 0.15) is 0 Å². The number of rotatable bonds is 6. The van der Waals surface area contributed by atoms with Gasteiger partial charge in [0.25, 0.3) is 0 Å². The highest BCUT2D eigenvalue weighted by Gasteiger charge is 2.27. The number of methoxy groups -OCH3 is 2. The molecule has 0 bridgehead atoms. The van der Waals surface area contributed by atoms with Crippen LogP contribution in [0, 0.1) is 0 Å². The number of aromatic nitrogens is 2. The zero-order valence-electron chi connectivity index (χ0n) is 18.7. The second kappa shape index (κ2) is 7.92. The summed E-state index contributed by atoms with van der Waals surface area (Å²) in [7, 11) is 3.36. The van der Waals surface area contributed by atoms with Gasteiger partial charge in [-0.25, -0.2) is 4.98 Å². The van der Waals surface area contributed by atoms with Gasteiger partial charge in [0.05, 0.1) is 26.2 Å². The van der Waals surface area contributed by atoms with E-state index in [2.05, 4.69) is 50.8 Å². The molecule has 168 valence electrons. The largest absolute Gasteiger partial charge is 0.493 e. The summed E-state index contributed by atoms with van der Waals surface area (Å²) < 4.78 is 24.7. The van der Waals surface area contributed by atoms with Crippen LogP contribution in [-0.2, 0) is 13.1 Å². The standard InChI is InChI=1S/C26H25N3O4/c1-30-22-11-18-14-29(8-3-7-28-9-6-27-15-28)26-19(20(18)12-23(22)31-2)5-4-17-10-24-25(13-21(17)26)33-16-32-24/h4-6,9-13,15H,3,7-8,14,16H2,1-2H3. The lowest BCUT2D eigenvalue weighted by Crippen LogP contribution is -2.28. The van der Waals surface area contributed by atoms with Crippen LogP contribution in [0.2, 0.25) is 0 Å². The Bertz CT molecular complexity index is 1330. The van der Waals surface area contributed by atoms with E-state index in [1.54, 1.807) is 14.2 Å². The number of hydrogen-bond donors (Lipinski definition) is 0. The van der Waals surface area contributed by atoms with E-state index in [0.717, 1.165) is 54.4 Å². The molecule has 0 saturated heterocycles. The second-order valence-electron chi connectivity index (χ2n) is 8.33. The fraction of sp³-hybridized carbons (Fsp3) is 0.269. The minimum Gasteiger partial charge on any atom is -0.493 e. The first-order valence-electron chi connectivity index (χ1n) is 11.1. The van der Waals surface area contributed by atoms with Crippen molar-refractivity contribution in [1.82, 2.24) is 9.55 Å². The third kappa shape index (κ3) is 3.31. The number of benzene rings is 3. The molecule has 0 radical (unpaired) electrons. The summed E-state index contributed by atoms with van der Waals surface area (Å²) in [6.07, 6.45) is 6.70. The highest BCUT2D eigenvalue weighted by atomic mass is 16.7. The first-order valence-corrected chi connectivity index (χ1v) is 11.1. The number of fused-ring (bicyclic) bond motifs is 6. The van der Waals surface area contributed by atoms with Crippen molar-refractivity contribution in [2.75, 3.05) is 32.5 Å². The number of imidazole rings is 1. The van der Waals surface area contributed by atoms with E-state index in [1.807, 2.05) is 18.7 Å². The normalized spacial score (nSPS) is 13.7. The number of anilines is 1. The van der Waals surface area contributed by atoms with Crippen LogP contribution >= 0.6 is 0 Å². The van der Waals surface area contributed by atoms with Gasteiger partial charge in [-0.15, -0.1) is 0 Å². The van der Waals surface area contributed by atoms with E-state index in [0.29, 0.717) is 0 Å². The third-order valence-corrected chi connectivity index (χ3v) is 6.47. The lowest BCUT2D eigenvalue weighted by Gasteiger charge is -2.34. The predicted molar refractivity (Wildman–Crippen MR) is 127 cm³/mol. The van der Waals surface area contributed by atoms with E-state index >= 15 is 0 Å². The Morgan fingerprint density at radius 3 is 2.55 bits per heavy atom. The molecule has 0 atom stereocenters. The maximum Gasteiger partial charge on any atom is 0.231 e. The lowest BCUT2D eigenvalue weighted by atomic mass is 9.89. The molecule has 0 spiro atoms. The molecule has 33 heavy (non-hydrogen) atoms. The summed E-state index contributed by atoms with van der Waals surface area (Å²) in [6.45, 7) is 2.89. The van der Waals surface area contributed by atoms with Crippen molar-refractivity contribution in [1.29, 1.82) is 0 Å². The molecule has 2 aliphatic rings. The highest BCUT2D eigenvalue weighted by Crippen LogP contribution is 2.49. The number of hydrogen-bond acceptors (Lipinski definition) is 6. The molecule has 0 saturated carbocycles. The minimum absolute atomic E-state index is 0.266. The van der Waals surface area contributed by atoms with Crippen molar-refractivity contribution in [2.45, 2.75) is 19.5 Å². The molecule has 7 nitrogen and oxygen atoms in total. The number of nitrogens with zero attached hydrogens (tertiary/aromatic N) is 3. The van der Waals surface area contributed by atoms with Crippen LogP contribution < -0.4 is 23.8 Å². The highest BCUT2D eigenvalue weighted by molar-refractivity contribution is 6.05. The van der Waals surface area contributed by atoms with Crippen molar-refractivity contribution < 1.29 is 18.9 Å². The topological polar surface area (TPSA) is 58.0 Å². The zero-order valence-corrected chi connectivity index (χ0v) is 18.7. The molecule has 4 aromatic rings. The van der Waals surface area contributed by atoms with E-state index in [1.165, 1.54) is 27.8 Å². The van der Waals surface area contributed by atoms with Crippen LogP contribution in [0.3, 0.4) is 0 Å². The Morgan fingerprint density at radius 1 is 0.939 bits per heavy atom. The first-order chi connectivity index (χ1) is 16.2. The molecular formula is C26H25N3O4. The summed E-state index contributed by atoms with van der Waals surface area (Å²) in [5, 5.41) is 2.31. The zero-order chi connectivity index (χ0) is 22.4. The number of aryl methyl sites for hydroxylation is 1. The van der Waals surface area contributed by atoms with Gasteiger partial charge in [0.15, 0.2) is 23.0 Å². The molecule has 0 aliphatic carbocycles. The Kier molecular flexibility index (Phi) is 4.75. The molecule has 7 heteroatoms. The van der Waals surface area contributed by atoms with Crippen molar-refractivity contribution in [3.63, 3.8) is 0 Å². The van der Waals surface area contributed by atoms with Crippen molar-refractivity contribution in [2.24, 2.45) is 0 Å². The summed E-state index contributed by atoms with van der Waals surface area (Å²) in [5.41, 5.74) is 4.80. The van der Waals surface area contributed by atoms with E-state index in [-0.39, 0.29) is 6.79 Å². The molecule has 0 unspecified atom stereocenters. The van der Waals surface area contributed by atoms with E-state index in [9.17, 15) is 0 Å². The fourth-order valence-corrected chi connectivity index (χ4v) is 4.90. The minimum atomic E-state index is 0.266. The molecule has 0 amide bonds. The first kappa shape index (κ1) is 19.8. The second-order valence-corrected chi connectivity index (χ2v) is 8.33. The summed E-state index contributed by atoms with van der Waals surface area (Å²) in [4.78, 5) is 6.62. The van der Waals surface area contributed by atoms with Gasteiger partial charge in [-0.1, -0.05) is 12.1 Å². The third-order valence-electron chi connectivity index (χ3n) is 6.47. The van der Waals surface area contributed by atoms with Gasteiger partial charge < -0.3 is 28.4 Å². The van der Waals surface area contributed by atoms with Crippen LogP contribution in [0.25, 0.3) is 21.9 Å². The van der Waals surface area contributed by atoms with Gasteiger partial charge in [-0.3, -0.25) is 0 Å². The van der Waals surface area contributed by atoms with Crippen molar-refractivity contribution in [3.05, 3.63) is 60.7 Å². The van der Waals surface area contributed by atoms with Crippen molar-refractivity contribution in [3.8, 4) is 34.1 Å². The van der Waals surface area contributed by atoms with Crippen LogP contribution in [0.1, 0.15) is 12.0 Å². The summed E-state index contributed by atoms with van der Waals surface area (Å²) in [6, 6.07) is 12.7. The number of ether oxygens (including phenoxy) is 4. The molecule has 3 heterocycles. The Labute approximate surface area is 192 Å². The van der Waals surface area contributed by atoms with E-state index in [4.69, 9.17) is 18.9 Å². The molecule has 1 aromatic heterocycles. The molecule has 0 fully saturated rings. The van der Waals surface area contributed by atoms with Gasteiger partial charge in [0.2, 0.25) is 6.79 Å². The van der Waals surface area contributed by atoms with Crippen LogP contribution in [0.5, 0.6) is 23.0 Å². The Balaban J connectivity index is 1.48. The van der Waals surface area contributed by atoms with Crippen LogP contribution in [0.4, 0.5) is 5.69 Å². The monoisotopic (exact) mass is 443 g/mol. The fourth-order valence-electron chi connectivity index (χ4n) is 4.90. The predicted octanol–water partition coefficient (Wildman–Crippen LogP) is 4.86. The van der Waals surface area contributed by atoms with Crippen LogP contribution in [-0.4, -0.2) is 37.1 Å².